The summed E-state index contributed by atoms with van der Waals surface area (Å²) in [4.78, 5) is 11.1. The van der Waals surface area contributed by atoms with E-state index in [2.05, 4.69) is 11.7 Å². The number of rotatable bonds is 5. The molecule has 0 saturated heterocycles. The van der Waals surface area contributed by atoms with Gasteiger partial charge in [-0.1, -0.05) is 19.4 Å². The highest BCUT2D eigenvalue weighted by Crippen LogP contribution is 2.09. The number of allylic oxidation sites excluding steroid dienone is 1. The lowest BCUT2D eigenvalue weighted by Crippen LogP contribution is -2.05. The third-order valence-electron chi connectivity index (χ3n) is 1.57. The third-order valence-corrected chi connectivity index (χ3v) is 1.73. The van der Waals surface area contributed by atoms with E-state index in [1.54, 1.807) is 6.08 Å². The molecule has 0 radical (unpaired) electrons. The largest absolute Gasteiger partial charge is 0.466 e. The number of ether oxygens (including phenoxy) is 1. The van der Waals surface area contributed by atoms with Crippen molar-refractivity contribution in [3.63, 3.8) is 0 Å². The normalized spacial score (nSPS) is 11.4. The monoisotopic (exact) mass is 190 g/mol. The molecular formula is C9H15ClO2. The number of methoxy groups -OCH3 is 1. The van der Waals surface area contributed by atoms with Crippen molar-refractivity contribution in [3.05, 3.63) is 11.6 Å². The van der Waals surface area contributed by atoms with Crippen LogP contribution in [0.15, 0.2) is 11.6 Å². The molecular weight excluding hydrogens is 176 g/mol. The van der Waals surface area contributed by atoms with E-state index in [4.69, 9.17) is 11.6 Å². The molecule has 0 aromatic carbocycles. The Morgan fingerprint density at radius 1 is 1.58 bits per heavy atom. The molecule has 0 heterocycles. The molecule has 0 aromatic rings. The van der Waals surface area contributed by atoms with Crippen LogP contribution in [0.5, 0.6) is 0 Å². The molecule has 0 fully saturated rings. The van der Waals surface area contributed by atoms with Crippen molar-refractivity contribution in [2.75, 3.05) is 13.0 Å². The van der Waals surface area contributed by atoms with Gasteiger partial charge in [-0.3, -0.25) is 0 Å². The Bertz CT molecular complexity index is 164. The van der Waals surface area contributed by atoms with Gasteiger partial charge in [0.05, 0.1) is 7.11 Å². The molecule has 0 atom stereocenters. The molecule has 0 N–H and O–H groups in total. The van der Waals surface area contributed by atoms with Crippen molar-refractivity contribution in [2.24, 2.45) is 0 Å². The van der Waals surface area contributed by atoms with Gasteiger partial charge in [0.1, 0.15) is 0 Å². The number of alkyl halides is 1. The lowest BCUT2D eigenvalue weighted by molar-refractivity contribution is -0.136. The van der Waals surface area contributed by atoms with E-state index in [1.165, 1.54) is 7.11 Å². The molecule has 0 saturated carbocycles. The third kappa shape index (κ3) is 4.39. The molecule has 0 bridgehead atoms. The maximum absolute atomic E-state index is 11.1. The maximum atomic E-state index is 11.1. The summed E-state index contributed by atoms with van der Waals surface area (Å²) >= 11 is 5.49. The van der Waals surface area contributed by atoms with E-state index in [1.807, 2.05) is 0 Å². The Morgan fingerprint density at radius 3 is 2.67 bits per heavy atom. The van der Waals surface area contributed by atoms with Crippen molar-refractivity contribution < 1.29 is 9.53 Å². The minimum Gasteiger partial charge on any atom is -0.466 e. The highest BCUT2D eigenvalue weighted by Gasteiger charge is 2.07. The Hall–Kier alpha value is -0.500. The Labute approximate surface area is 78.5 Å². The average molecular weight is 191 g/mol. The van der Waals surface area contributed by atoms with Crippen LogP contribution >= 0.6 is 11.6 Å². The fourth-order valence-corrected chi connectivity index (χ4v) is 1.07. The van der Waals surface area contributed by atoms with Crippen LogP contribution in [0.2, 0.25) is 0 Å². The second-order valence-electron chi connectivity index (χ2n) is 2.48. The van der Waals surface area contributed by atoms with Gasteiger partial charge in [0, 0.05) is 11.5 Å². The van der Waals surface area contributed by atoms with Gasteiger partial charge >= 0.3 is 5.97 Å². The van der Waals surface area contributed by atoms with E-state index in [0.717, 1.165) is 19.3 Å². The Kier molecular flexibility index (Phi) is 6.87. The Morgan fingerprint density at radius 2 is 2.25 bits per heavy atom. The zero-order valence-electron chi connectivity index (χ0n) is 7.60. The predicted octanol–water partition coefficient (Wildman–Crippen LogP) is 2.51. The summed E-state index contributed by atoms with van der Waals surface area (Å²) in [6, 6.07) is 0. The number of carbonyl (C=O) groups excluding carboxylic acids is 1. The number of hydrogen-bond donors (Lipinski definition) is 0. The zero-order valence-corrected chi connectivity index (χ0v) is 8.36. The van der Waals surface area contributed by atoms with Crippen molar-refractivity contribution in [2.45, 2.75) is 26.2 Å². The molecule has 0 aliphatic heterocycles. The fourth-order valence-electron chi connectivity index (χ4n) is 0.879. The van der Waals surface area contributed by atoms with Gasteiger partial charge < -0.3 is 4.74 Å². The topological polar surface area (TPSA) is 26.3 Å². The summed E-state index contributed by atoms with van der Waals surface area (Å²) in [6.07, 6.45) is 4.54. The SMILES string of the molecule is CCCC/C(=C/CCl)C(=O)OC. The number of carbonyl (C=O) groups is 1. The van der Waals surface area contributed by atoms with Crippen LogP contribution in [-0.4, -0.2) is 19.0 Å². The molecule has 70 valence electrons. The van der Waals surface area contributed by atoms with Gasteiger partial charge in [0.2, 0.25) is 0 Å². The predicted molar refractivity (Wildman–Crippen MR) is 50.3 cm³/mol. The first-order chi connectivity index (χ1) is 5.76. The summed E-state index contributed by atoms with van der Waals surface area (Å²) in [6.45, 7) is 2.08. The second kappa shape index (κ2) is 7.17. The fraction of sp³-hybridized carbons (Fsp3) is 0.667. The number of esters is 1. The van der Waals surface area contributed by atoms with Gasteiger partial charge in [0.25, 0.3) is 0 Å². The van der Waals surface area contributed by atoms with Crippen LogP contribution < -0.4 is 0 Å². The van der Waals surface area contributed by atoms with Crippen molar-refractivity contribution in [3.8, 4) is 0 Å². The molecule has 0 rings (SSSR count). The van der Waals surface area contributed by atoms with Crippen LogP contribution in [0.1, 0.15) is 26.2 Å². The smallest absolute Gasteiger partial charge is 0.333 e. The molecule has 0 unspecified atom stereocenters. The van der Waals surface area contributed by atoms with Crippen molar-refractivity contribution in [1.82, 2.24) is 0 Å². The number of unbranched alkanes of at least 4 members (excludes halogenated alkanes) is 1. The molecule has 0 aromatic heterocycles. The average Bonchev–Trinajstić information content (AvgIpc) is 2.11. The van der Waals surface area contributed by atoms with Gasteiger partial charge in [-0.15, -0.1) is 11.6 Å². The van der Waals surface area contributed by atoms with Crippen LogP contribution in [0.4, 0.5) is 0 Å². The van der Waals surface area contributed by atoms with Gasteiger partial charge in [-0.05, 0) is 12.8 Å². The van der Waals surface area contributed by atoms with E-state index in [-0.39, 0.29) is 5.97 Å². The first-order valence-corrected chi connectivity index (χ1v) is 4.63. The highest BCUT2D eigenvalue weighted by atomic mass is 35.5. The number of hydrogen-bond acceptors (Lipinski definition) is 2. The lowest BCUT2D eigenvalue weighted by Gasteiger charge is -2.02. The molecule has 12 heavy (non-hydrogen) atoms. The first-order valence-electron chi connectivity index (χ1n) is 4.09. The molecule has 0 aliphatic carbocycles. The number of halogens is 1. The minimum absolute atomic E-state index is 0.260. The van der Waals surface area contributed by atoms with Gasteiger partial charge in [0.15, 0.2) is 0 Å². The van der Waals surface area contributed by atoms with E-state index >= 15 is 0 Å². The quantitative estimate of drug-likeness (QED) is 0.378. The van der Waals surface area contributed by atoms with E-state index in [0.29, 0.717) is 11.5 Å². The van der Waals surface area contributed by atoms with E-state index in [9.17, 15) is 4.79 Å². The van der Waals surface area contributed by atoms with Crippen LogP contribution in [0.25, 0.3) is 0 Å². The molecule has 0 aliphatic rings. The first kappa shape index (κ1) is 11.5. The molecule has 0 amide bonds. The molecule has 2 nitrogen and oxygen atoms in total. The summed E-state index contributed by atoms with van der Waals surface area (Å²) in [7, 11) is 1.39. The molecule has 3 heteroatoms. The summed E-state index contributed by atoms with van der Waals surface area (Å²) in [5.74, 6) is 0.109. The van der Waals surface area contributed by atoms with Gasteiger partial charge in [-0.2, -0.15) is 0 Å². The maximum Gasteiger partial charge on any atom is 0.333 e. The lowest BCUT2D eigenvalue weighted by atomic mass is 10.1. The minimum atomic E-state index is -0.260. The summed E-state index contributed by atoms with van der Waals surface area (Å²) in [5.41, 5.74) is 0.689. The summed E-state index contributed by atoms with van der Waals surface area (Å²) < 4.78 is 4.60. The van der Waals surface area contributed by atoms with Gasteiger partial charge in [-0.25, -0.2) is 4.79 Å². The van der Waals surface area contributed by atoms with Crippen molar-refractivity contribution in [1.29, 1.82) is 0 Å². The van der Waals surface area contributed by atoms with Crippen molar-refractivity contribution >= 4 is 17.6 Å². The summed E-state index contributed by atoms with van der Waals surface area (Å²) in [5, 5.41) is 0. The zero-order chi connectivity index (χ0) is 9.40. The van der Waals surface area contributed by atoms with Crippen LogP contribution in [0.3, 0.4) is 0 Å². The van der Waals surface area contributed by atoms with Crippen LogP contribution in [0, 0.1) is 0 Å². The van der Waals surface area contributed by atoms with Crippen LogP contribution in [-0.2, 0) is 9.53 Å². The standard InChI is InChI=1S/C9H15ClO2/c1-3-4-5-8(6-7-10)9(11)12-2/h6H,3-5,7H2,1-2H3/b8-6-. The molecule has 0 spiro atoms. The van der Waals surface area contributed by atoms with E-state index < -0.39 is 0 Å². The Balaban J connectivity index is 4.04. The highest BCUT2D eigenvalue weighted by molar-refractivity contribution is 6.19. The second-order valence-corrected chi connectivity index (χ2v) is 2.79.